The summed E-state index contributed by atoms with van der Waals surface area (Å²) in [5.74, 6) is -2.30. The molecule has 0 atom stereocenters. The van der Waals surface area contributed by atoms with Gasteiger partial charge in [0, 0.05) is 10.7 Å². The molecule has 4 nitrogen and oxygen atoms in total. The van der Waals surface area contributed by atoms with Crippen LogP contribution in [-0.2, 0) is 15.8 Å². The lowest BCUT2D eigenvalue weighted by Gasteiger charge is -2.13. The minimum Gasteiger partial charge on any atom is -0.318 e. The molecule has 0 saturated carbocycles. The predicted molar refractivity (Wildman–Crippen MR) is 80.2 cm³/mol. The summed E-state index contributed by atoms with van der Waals surface area (Å²) in [6.07, 6.45) is -4.64. The summed E-state index contributed by atoms with van der Waals surface area (Å²) >= 11 is 5.68. The van der Waals surface area contributed by atoms with E-state index in [9.17, 15) is 22.8 Å². The molecule has 0 saturated heterocycles. The summed E-state index contributed by atoms with van der Waals surface area (Å²) in [6.45, 7) is 0. The van der Waals surface area contributed by atoms with Crippen molar-refractivity contribution in [2.45, 2.75) is 6.18 Å². The van der Waals surface area contributed by atoms with Gasteiger partial charge < -0.3 is 10.6 Å². The van der Waals surface area contributed by atoms with E-state index in [0.29, 0.717) is 10.7 Å². The monoisotopic (exact) mass is 342 g/mol. The molecule has 0 aliphatic rings. The fourth-order valence-corrected chi connectivity index (χ4v) is 1.87. The number of halogens is 4. The van der Waals surface area contributed by atoms with E-state index in [0.717, 1.165) is 12.1 Å². The van der Waals surface area contributed by atoms with Gasteiger partial charge in [-0.1, -0.05) is 23.7 Å². The van der Waals surface area contributed by atoms with Gasteiger partial charge in [0.15, 0.2) is 0 Å². The van der Waals surface area contributed by atoms with E-state index in [-0.39, 0.29) is 0 Å². The fraction of sp³-hybridized carbons (Fsp3) is 0.0667. The number of hydrogen-bond donors (Lipinski definition) is 2. The van der Waals surface area contributed by atoms with E-state index in [1.165, 1.54) is 36.4 Å². The summed E-state index contributed by atoms with van der Waals surface area (Å²) < 4.78 is 38.5. The van der Waals surface area contributed by atoms with Crippen LogP contribution in [0.4, 0.5) is 24.5 Å². The van der Waals surface area contributed by atoms with Crippen molar-refractivity contribution in [3.63, 3.8) is 0 Å². The number of hydrogen-bond acceptors (Lipinski definition) is 2. The Bertz CT molecular complexity index is 730. The van der Waals surface area contributed by atoms with Crippen LogP contribution in [0.3, 0.4) is 0 Å². The van der Waals surface area contributed by atoms with E-state index in [1.54, 1.807) is 0 Å². The zero-order chi connectivity index (χ0) is 17.0. The summed E-state index contributed by atoms with van der Waals surface area (Å²) in [6, 6.07) is 10.3. The Morgan fingerprint density at radius 2 is 1.43 bits per heavy atom. The van der Waals surface area contributed by atoms with Crippen LogP contribution in [-0.4, -0.2) is 11.8 Å². The van der Waals surface area contributed by atoms with Gasteiger partial charge in [-0.2, -0.15) is 13.2 Å². The van der Waals surface area contributed by atoms with Gasteiger partial charge in [-0.3, -0.25) is 9.59 Å². The van der Waals surface area contributed by atoms with E-state index in [1.807, 2.05) is 5.32 Å². The molecule has 0 aliphatic carbocycles. The first kappa shape index (κ1) is 16.8. The van der Waals surface area contributed by atoms with Crippen molar-refractivity contribution in [3.05, 3.63) is 59.1 Å². The second-order valence-electron chi connectivity index (χ2n) is 4.46. The number of anilines is 2. The lowest BCUT2D eigenvalue weighted by atomic mass is 10.1. The molecular formula is C15H10ClF3N2O2. The smallest absolute Gasteiger partial charge is 0.318 e. The van der Waals surface area contributed by atoms with Gasteiger partial charge in [0.05, 0.1) is 11.3 Å². The molecule has 8 heteroatoms. The minimum atomic E-state index is -4.64. The van der Waals surface area contributed by atoms with Crippen LogP contribution in [0.25, 0.3) is 0 Å². The van der Waals surface area contributed by atoms with E-state index < -0.39 is 29.2 Å². The quantitative estimate of drug-likeness (QED) is 0.812. The molecular weight excluding hydrogens is 333 g/mol. The van der Waals surface area contributed by atoms with Gasteiger partial charge in [-0.15, -0.1) is 0 Å². The maximum absolute atomic E-state index is 12.8. The Morgan fingerprint density at radius 1 is 0.870 bits per heavy atom. The number of alkyl halides is 3. The first-order valence-electron chi connectivity index (χ1n) is 6.31. The van der Waals surface area contributed by atoms with Crippen LogP contribution in [0.1, 0.15) is 5.56 Å². The van der Waals surface area contributed by atoms with Crippen molar-refractivity contribution >= 4 is 34.8 Å². The molecule has 2 amide bonds. The lowest BCUT2D eigenvalue weighted by molar-refractivity contribution is -0.137. The van der Waals surface area contributed by atoms with Gasteiger partial charge in [0.2, 0.25) is 0 Å². The number of benzene rings is 2. The Hall–Kier alpha value is -2.54. The number of para-hydroxylation sites is 1. The van der Waals surface area contributed by atoms with Crippen LogP contribution in [0, 0.1) is 0 Å². The van der Waals surface area contributed by atoms with E-state index in [2.05, 4.69) is 5.32 Å². The van der Waals surface area contributed by atoms with Crippen molar-refractivity contribution in [1.82, 2.24) is 0 Å². The molecule has 0 fully saturated rings. The Balaban J connectivity index is 2.10. The first-order valence-corrected chi connectivity index (χ1v) is 6.69. The number of nitrogens with one attached hydrogen (secondary N) is 2. The summed E-state index contributed by atoms with van der Waals surface area (Å²) in [5.41, 5.74) is -1.23. The van der Waals surface area contributed by atoms with Gasteiger partial charge >= 0.3 is 18.0 Å². The summed E-state index contributed by atoms with van der Waals surface area (Å²) in [7, 11) is 0. The Labute approximate surface area is 134 Å². The standard InChI is InChI=1S/C15H10ClF3N2O2/c16-9-5-7-10(8-6-9)20-13(22)14(23)21-12-4-2-1-3-11(12)15(17,18)19/h1-8H,(H,20,22)(H,21,23). The van der Waals surface area contributed by atoms with Crippen LogP contribution < -0.4 is 10.6 Å². The maximum atomic E-state index is 12.8. The molecule has 2 aromatic carbocycles. The molecule has 0 bridgehead atoms. The highest BCUT2D eigenvalue weighted by Gasteiger charge is 2.34. The van der Waals surface area contributed by atoms with Crippen molar-refractivity contribution in [3.8, 4) is 0 Å². The number of carbonyl (C=O) groups excluding carboxylic acids is 2. The topological polar surface area (TPSA) is 58.2 Å². The molecule has 0 unspecified atom stereocenters. The molecule has 2 N–H and O–H groups in total. The summed E-state index contributed by atoms with van der Waals surface area (Å²) in [4.78, 5) is 23.5. The van der Waals surface area contributed by atoms with Crippen LogP contribution in [0.15, 0.2) is 48.5 Å². The minimum absolute atomic E-state index is 0.290. The molecule has 0 radical (unpaired) electrons. The number of carbonyl (C=O) groups is 2. The lowest BCUT2D eigenvalue weighted by Crippen LogP contribution is -2.30. The normalized spacial score (nSPS) is 11.0. The fourth-order valence-electron chi connectivity index (χ4n) is 1.74. The molecule has 120 valence electrons. The van der Waals surface area contributed by atoms with E-state index in [4.69, 9.17) is 11.6 Å². The SMILES string of the molecule is O=C(Nc1ccc(Cl)cc1)C(=O)Nc1ccccc1C(F)(F)F. The van der Waals surface area contributed by atoms with Gasteiger partial charge in [0.25, 0.3) is 0 Å². The first-order chi connectivity index (χ1) is 10.8. The molecule has 0 heterocycles. The van der Waals surface area contributed by atoms with Crippen molar-refractivity contribution < 1.29 is 22.8 Å². The second-order valence-corrected chi connectivity index (χ2v) is 4.89. The number of amides is 2. The zero-order valence-corrected chi connectivity index (χ0v) is 12.2. The molecule has 2 rings (SSSR count). The zero-order valence-electron chi connectivity index (χ0n) is 11.4. The molecule has 2 aromatic rings. The molecule has 0 aromatic heterocycles. The van der Waals surface area contributed by atoms with Crippen molar-refractivity contribution in [2.24, 2.45) is 0 Å². The van der Waals surface area contributed by atoms with Crippen molar-refractivity contribution in [1.29, 1.82) is 0 Å². The number of rotatable bonds is 2. The highest BCUT2D eigenvalue weighted by Crippen LogP contribution is 2.34. The molecule has 23 heavy (non-hydrogen) atoms. The third-order valence-electron chi connectivity index (χ3n) is 2.79. The Kier molecular flexibility index (Phi) is 4.90. The van der Waals surface area contributed by atoms with Crippen LogP contribution in [0.2, 0.25) is 5.02 Å². The summed E-state index contributed by atoms with van der Waals surface area (Å²) in [5, 5.41) is 4.64. The van der Waals surface area contributed by atoms with Gasteiger partial charge in [0.1, 0.15) is 0 Å². The highest BCUT2D eigenvalue weighted by molar-refractivity contribution is 6.43. The largest absolute Gasteiger partial charge is 0.418 e. The second kappa shape index (κ2) is 6.70. The average Bonchev–Trinajstić information content (AvgIpc) is 2.49. The average molecular weight is 343 g/mol. The third kappa shape index (κ3) is 4.46. The van der Waals surface area contributed by atoms with E-state index >= 15 is 0 Å². The third-order valence-corrected chi connectivity index (χ3v) is 3.04. The van der Waals surface area contributed by atoms with Crippen molar-refractivity contribution in [2.75, 3.05) is 10.6 Å². The van der Waals surface area contributed by atoms with Gasteiger partial charge in [-0.05, 0) is 36.4 Å². The molecule has 0 spiro atoms. The Morgan fingerprint density at radius 3 is 2.04 bits per heavy atom. The van der Waals surface area contributed by atoms with Crippen LogP contribution >= 0.6 is 11.6 Å². The highest BCUT2D eigenvalue weighted by atomic mass is 35.5. The van der Waals surface area contributed by atoms with Gasteiger partial charge in [-0.25, -0.2) is 0 Å². The molecule has 0 aliphatic heterocycles. The van der Waals surface area contributed by atoms with Crippen LogP contribution in [0.5, 0.6) is 0 Å². The predicted octanol–water partition coefficient (Wildman–Crippen LogP) is 3.94. The maximum Gasteiger partial charge on any atom is 0.418 e.